The normalized spacial score (nSPS) is 11.2. The fraction of sp³-hybridized carbons (Fsp3) is 0.130. The molecule has 0 aliphatic carbocycles. The molecule has 7 nitrogen and oxygen atoms in total. The third-order valence-corrected chi connectivity index (χ3v) is 5.11. The molecule has 0 atom stereocenters. The van der Waals surface area contributed by atoms with Crippen LogP contribution in [0.15, 0.2) is 67.0 Å². The molecule has 0 spiro atoms. The van der Waals surface area contributed by atoms with Gasteiger partial charge in [0.2, 0.25) is 5.95 Å². The number of nitrogens with one attached hydrogen (secondary N) is 4. The summed E-state index contributed by atoms with van der Waals surface area (Å²) in [6.45, 7) is 1.31. The Hall–Kier alpha value is -3.84. The molecular formula is C23H22N6O. The molecule has 0 fully saturated rings. The average molecular weight is 398 g/mol. The van der Waals surface area contributed by atoms with Gasteiger partial charge in [-0.2, -0.15) is 4.98 Å². The van der Waals surface area contributed by atoms with Crippen molar-refractivity contribution < 1.29 is 5.11 Å². The molecule has 7 heteroatoms. The van der Waals surface area contributed by atoms with E-state index in [9.17, 15) is 5.11 Å². The van der Waals surface area contributed by atoms with E-state index in [0.717, 1.165) is 33.5 Å². The van der Waals surface area contributed by atoms with Crippen molar-refractivity contribution in [2.24, 2.45) is 0 Å². The van der Waals surface area contributed by atoms with Crippen molar-refractivity contribution in [2.45, 2.75) is 19.7 Å². The summed E-state index contributed by atoms with van der Waals surface area (Å²) >= 11 is 0. The highest BCUT2D eigenvalue weighted by Crippen LogP contribution is 2.19. The predicted octanol–water partition coefficient (Wildman–Crippen LogP) is 4.16. The SMILES string of the molecule is OCc1cc2cc(CNc3nccc(NCc4ccc5[nH]ccc5c4)n3)ccc2[nH]1. The minimum absolute atomic E-state index is 0.00887. The van der Waals surface area contributed by atoms with Gasteiger partial charge in [-0.25, -0.2) is 4.98 Å². The van der Waals surface area contributed by atoms with Crippen LogP contribution in [0.25, 0.3) is 21.8 Å². The summed E-state index contributed by atoms with van der Waals surface area (Å²) in [5.41, 5.74) is 5.28. The Kier molecular flexibility index (Phi) is 4.78. The number of benzene rings is 2. The van der Waals surface area contributed by atoms with Gasteiger partial charge in [0.1, 0.15) is 5.82 Å². The lowest BCUT2D eigenvalue weighted by atomic mass is 10.1. The molecule has 0 bridgehead atoms. The van der Waals surface area contributed by atoms with E-state index in [0.29, 0.717) is 19.0 Å². The van der Waals surface area contributed by atoms with Gasteiger partial charge in [-0.15, -0.1) is 0 Å². The van der Waals surface area contributed by atoms with Gasteiger partial charge in [0.05, 0.1) is 6.61 Å². The zero-order chi connectivity index (χ0) is 20.3. The summed E-state index contributed by atoms with van der Waals surface area (Å²) in [6.07, 6.45) is 3.69. The molecule has 3 aromatic heterocycles. The van der Waals surface area contributed by atoms with Gasteiger partial charge in [0.15, 0.2) is 0 Å². The Morgan fingerprint density at radius 1 is 0.833 bits per heavy atom. The molecule has 0 unspecified atom stereocenters. The van der Waals surface area contributed by atoms with E-state index in [4.69, 9.17) is 0 Å². The van der Waals surface area contributed by atoms with Gasteiger partial charge in [-0.05, 0) is 59.0 Å². The van der Waals surface area contributed by atoms with Crippen molar-refractivity contribution in [3.8, 4) is 0 Å². The van der Waals surface area contributed by atoms with Crippen molar-refractivity contribution in [1.29, 1.82) is 0 Å². The van der Waals surface area contributed by atoms with E-state index in [2.05, 4.69) is 60.9 Å². The van der Waals surface area contributed by atoms with Gasteiger partial charge in [-0.1, -0.05) is 12.1 Å². The van der Waals surface area contributed by atoms with Crippen molar-refractivity contribution >= 4 is 33.6 Å². The largest absolute Gasteiger partial charge is 0.390 e. The van der Waals surface area contributed by atoms with Crippen LogP contribution >= 0.6 is 0 Å². The van der Waals surface area contributed by atoms with E-state index in [1.165, 1.54) is 10.9 Å². The van der Waals surface area contributed by atoms with Crippen LogP contribution in [0.3, 0.4) is 0 Å². The summed E-state index contributed by atoms with van der Waals surface area (Å²) in [4.78, 5) is 15.3. The highest BCUT2D eigenvalue weighted by atomic mass is 16.3. The zero-order valence-electron chi connectivity index (χ0n) is 16.3. The van der Waals surface area contributed by atoms with Crippen LogP contribution < -0.4 is 10.6 Å². The molecule has 0 saturated heterocycles. The van der Waals surface area contributed by atoms with Gasteiger partial charge in [0.25, 0.3) is 0 Å². The number of aliphatic hydroxyl groups excluding tert-OH is 1. The first-order chi connectivity index (χ1) is 14.8. The molecule has 150 valence electrons. The van der Waals surface area contributed by atoms with Crippen LogP contribution in [0.5, 0.6) is 0 Å². The number of aliphatic hydroxyl groups is 1. The standard InChI is InChI=1S/C23H22N6O/c30-14-19-11-18-10-16(2-4-21(18)28-19)13-27-23-25-8-6-22(29-23)26-12-15-1-3-20-17(9-15)5-7-24-20/h1-11,24,28,30H,12-14H2,(H2,25,26,27,29). The molecule has 30 heavy (non-hydrogen) atoms. The molecule has 2 aromatic carbocycles. The quantitative estimate of drug-likeness (QED) is 0.283. The smallest absolute Gasteiger partial charge is 0.224 e. The Labute approximate surface area is 173 Å². The minimum atomic E-state index is 0.00887. The lowest BCUT2D eigenvalue weighted by Gasteiger charge is -2.09. The highest BCUT2D eigenvalue weighted by molar-refractivity contribution is 5.81. The molecule has 0 aliphatic heterocycles. The molecule has 0 aliphatic rings. The van der Waals surface area contributed by atoms with Crippen molar-refractivity contribution in [3.63, 3.8) is 0 Å². The average Bonchev–Trinajstić information content (AvgIpc) is 3.42. The maximum absolute atomic E-state index is 9.27. The fourth-order valence-corrected chi connectivity index (χ4v) is 3.57. The second-order valence-corrected chi connectivity index (χ2v) is 7.25. The van der Waals surface area contributed by atoms with Gasteiger partial charge < -0.3 is 25.7 Å². The van der Waals surface area contributed by atoms with Crippen LogP contribution in [0, 0.1) is 0 Å². The molecule has 5 N–H and O–H groups in total. The van der Waals surface area contributed by atoms with Crippen molar-refractivity contribution in [1.82, 2.24) is 19.9 Å². The zero-order valence-corrected chi connectivity index (χ0v) is 16.3. The molecule has 5 aromatic rings. The lowest BCUT2D eigenvalue weighted by Crippen LogP contribution is -2.06. The van der Waals surface area contributed by atoms with Gasteiger partial charge in [-0.3, -0.25) is 0 Å². The summed E-state index contributed by atoms with van der Waals surface area (Å²) in [5, 5.41) is 18.2. The number of anilines is 2. The number of nitrogens with zero attached hydrogens (tertiary/aromatic N) is 2. The summed E-state index contributed by atoms with van der Waals surface area (Å²) < 4.78 is 0. The first-order valence-electron chi connectivity index (χ1n) is 9.85. The summed E-state index contributed by atoms with van der Waals surface area (Å²) in [5.74, 6) is 1.35. The number of fused-ring (bicyclic) bond motifs is 2. The third-order valence-electron chi connectivity index (χ3n) is 5.11. The maximum atomic E-state index is 9.27. The number of aromatic nitrogens is 4. The molecule has 3 heterocycles. The Balaban J connectivity index is 1.23. The first kappa shape index (κ1) is 18.2. The van der Waals surface area contributed by atoms with E-state index in [1.54, 1.807) is 6.20 Å². The lowest BCUT2D eigenvalue weighted by molar-refractivity contribution is 0.278. The van der Waals surface area contributed by atoms with Crippen LogP contribution in [-0.4, -0.2) is 25.0 Å². The molecular weight excluding hydrogens is 376 g/mol. The molecule has 0 radical (unpaired) electrons. The monoisotopic (exact) mass is 398 g/mol. The van der Waals surface area contributed by atoms with Crippen LogP contribution in [0.1, 0.15) is 16.8 Å². The summed E-state index contributed by atoms with van der Waals surface area (Å²) in [7, 11) is 0. The Morgan fingerprint density at radius 2 is 1.63 bits per heavy atom. The van der Waals surface area contributed by atoms with E-state index >= 15 is 0 Å². The van der Waals surface area contributed by atoms with Crippen LogP contribution in [0.2, 0.25) is 0 Å². The number of H-pyrrole nitrogens is 2. The molecule has 5 rings (SSSR count). The van der Waals surface area contributed by atoms with Crippen molar-refractivity contribution in [3.05, 3.63) is 83.8 Å². The number of hydrogen-bond donors (Lipinski definition) is 5. The van der Waals surface area contributed by atoms with Crippen molar-refractivity contribution in [2.75, 3.05) is 10.6 Å². The summed E-state index contributed by atoms with van der Waals surface area (Å²) in [6, 6.07) is 18.4. The predicted molar refractivity (Wildman–Crippen MR) is 119 cm³/mol. The van der Waals surface area contributed by atoms with E-state index in [1.807, 2.05) is 30.5 Å². The fourth-order valence-electron chi connectivity index (χ4n) is 3.57. The second-order valence-electron chi connectivity index (χ2n) is 7.25. The molecule has 0 saturated carbocycles. The second kappa shape index (κ2) is 7.88. The Morgan fingerprint density at radius 3 is 2.50 bits per heavy atom. The molecule has 0 amide bonds. The maximum Gasteiger partial charge on any atom is 0.224 e. The third kappa shape index (κ3) is 3.83. The minimum Gasteiger partial charge on any atom is -0.390 e. The number of rotatable bonds is 7. The van der Waals surface area contributed by atoms with E-state index in [-0.39, 0.29) is 6.61 Å². The first-order valence-corrected chi connectivity index (χ1v) is 9.85. The highest BCUT2D eigenvalue weighted by Gasteiger charge is 2.04. The van der Waals surface area contributed by atoms with E-state index < -0.39 is 0 Å². The van der Waals surface area contributed by atoms with Gasteiger partial charge in [0, 0.05) is 47.6 Å². The number of hydrogen-bond acceptors (Lipinski definition) is 5. The Bertz CT molecular complexity index is 1310. The topological polar surface area (TPSA) is 102 Å². The van der Waals surface area contributed by atoms with Crippen LogP contribution in [0.4, 0.5) is 11.8 Å². The van der Waals surface area contributed by atoms with Gasteiger partial charge >= 0.3 is 0 Å². The number of aromatic amines is 2. The van der Waals surface area contributed by atoms with Crippen LogP contribution in [-0.2, 0) is 19.7 Å².